The van der Waals surface area contributed by atoms with Gasteiger partial charge in [0, 0.05) is 48.2 Å². The van der Waals surface area contributed by atoms with Gasteiger partial charge in [-0.3, -0.25) is 9.88 Å². The first-order chi connectivity index (χ1) is 19.0. The maximum absolute atomic E-state index is 12.5. The Morgan fingerprint density at radius 1 is 1.05 bits per heavy atom. The number of hydrogen-bond acceptors (Lipinski definition) is 9. The molecular weight excluding hydrogens is 510 g/mol. The van der Waals surface area contributed by atoms with Crippen molar-refractivity contribution in [1.29, 1.82) is 0 Å². The van der Waals surface area contributed by atoms with Gasteiger partial charge in [0.25, 0.3) is 0 Å². The van der Waals surface area contributed by atoms with Crippen LogP contribution in [0.5, 0.6) is 0 Å². The molecule has 2 spiro atoms. The summed E-state index contributed by atoms with van der Waals surface area (Å²) in [4.78, 5) is 6.18. The van der Waals surface area contributed by atoms with Gasteiger partial charge in [-0.25, -0.2) is 0 Å². The molecule has 1 aromatic carbocycles. The van der Waals surface area contributed by atoms with Crippen LogP contribution in [-0.4, -0.2) is 96.2 Å². The van der Waals surface area contributed by atoms with Crippen LogP contribution in [0.2, 0.25) is 0 Å². The van der Waals surface area contributed by atoms with E-state index >= 15 is 0 Å². The molecule has 8 rings (SSSR count). The first-order valence-corrected chi connectivity index (χ1v) is 14.5. The molecule has 0 radical (unpaired) electrons. The maximum atomic E-state index is 12.5. The summed E-state index contributed by atoms with van der Waals surface area (Å²) in [6.07, 6.45) is 4.97. The van der Waals surface area contributed by atoms with Crippen LogP contribution in [-0.2, 0) is 10.3 Å². The average molecular weight is 548 g/mol. The number of rotatable bonds is 2. The Kier molecular flexibility index (Phi) is 5.09. The Morgan fingerprint density at radius 2 is 1.82 bits per heavy atom. The lowest BCUT2D eigenvalue weighted by Crippen LogP contribution is -2.74. The van der Waals surface area contributed by atoms with Crippen LogP contribution in [0.1, 0.15) is 38.2 Å². The quantitative estimate of drug-likeness (QED) is 0.315. The van der Waals surface area contributed by atoms with Gasteiger partial charge in [0.2, 0.25) is 0 Å². The molecule has 212 valence electrons. The topological polar surface area (TPSA) is 153 Å². The average Bonchev–Trinajstić information content (AvgIpc) is 3.37. The van der Waals surface area contributed by atoms with Crippen molar-refractivity contribution in [2.45, 2.75) is 85.9 Å². The molecule has 7 N–H and O–H groups in total. The molecule has 40 heavy (non-hydrogen) atoms. The molecule has 6 aliphatic rings. The van der Waals surface area contributed by atoms with Crippen molar-refractivity contribution in [3.05, 3.63) is 65.5 Å². The molecule has 0 amide bonds. The number of pyridine rings is 1. The third-order valence-corrected chi connectivity index (χ3v) is 11.6. The molecule has 3 aliphatic carbocycles. The minimum absolute atomic E-state index is 0.0229. The number of nitrogens with two attached hydrogens (primary N) is 1. The zero-order chi connectivity index (χ0) is 27.8. The van der Waals surface area contributed by atoms with E-state index < -0.39 is 52.7 Å². The molecular formula is C31H37N3O6. The number of fused-ring (bicyclic) bond motifs is 2. The van der Waals surface area contributed by atoms with Crippen molar-refractivity contribution in [3.8, 4) is 0 Å². The number of aliphatic hydroxyl groups excluding tert-OH is 4. The van der Waals surface area contributed by atoms with Crippen LogP contribution in [0.25, 0.3) is 10.8 Å². The molecule has 3 aliphatic heterocycles. The van der Waals surface area contributed by atoms with E-state index in [1.165, 1.54) is 0 Å². The van der Waals surface area contributed by atoms with Crippen molar-refractivity contribution in [3.63, 3.8) is 0 Å². The van der Waals surface area contributed by atoms with Gasteiger partial charge < -0.3 is 36.0 Å². The predicted octanol–water partition coefficient (Wildman–Crippen LogP) is 0.475. The van der Waals surface area contributed by atoms with Gasteiger partial charge in [0.05, 0.1) is 17.7 Å². The number of nitrogens with zero attached hydrogens (tertiary/aromatic N) is 2. The zero-order valence-electron chi connectivity index (χ0n) is 22.5. The molecule has 9 heteroatoms. The van der Waals surface area contributed by atoms with Gasteiger partial charge in [-0.05, 0) is 59.9 Å². The summed E-state index contributed by atoms with van der Waals surface area (Å²) in [6.45, 7) is 3.12. The fourth-order valence-electron chi connectivity index (χ4n) is 9.52. The molecule has 4 fully saturated rings. The Bertz CT molecular complexity index is 1470. The normalized spacial score (nSPS) is 48.2. The fourth-order valence-corrected chi connectivity index (χ4v) is 9.52. The number of aliphatic hydroxyl groups is 5. The van der Waals surface area contributed by atoms with Crippen molar-refractivity contribution in [2.75, 3.05) is 13.1 Å². The van der Waals surface area contributed by atoms with E-state index in [4.69, 9.17) is 10.5 Å². The summed E-state index contributed by atoms with van der Waals surface area (Å²) in [5.41, 5.74) is 3.82. The standard InChI is InChI=1S/C31H37N3O6/c1-28-6-4-18-11-21-25(36)26(37)24(34-14-20(32)15-34)27(38)30(21)8-7-29(18,40-30)22(28)12-23(35)31(28,39)19-3-2-16-5-9-33-13-17(16)10-19/h2-5,9-11,13,20,22-27,35-39H,6-8,12,14-15,32H2,1H3/t22-,23-,24-,25?,26?,27?,28+,29?,30+,31-/m1/s1. The van der Waals surface area contributed by atoms with Crippen molar-refractivity contribution >= 4 is 10.8 Å². The number of likely N-dealkylation sites (tertiary alicyclic amines) is 1. The van der Waals surface area contributed by atoms with E-state index in [9.17, 15) is 25.5 Å². The van der Waals surface area contributed by atoms with Crippen LogP contribution in [0.4, 0.5) is 0 Å². The van der Waals surface area contributed by atoms with Gasteiger partial charge in [0.1, 0.15) is 29.5 Å². The zero-order valence-corrected chi connectivity index (χ0v) is 22.5. The van der Waals surface area contributed by atoms with Crippen molar-refractivity contribution < 1.29 is 30.3 Å². The highest BCUT2D eigenvalue weighted by Gasteiger charge is 2.75. The van der Waals surface area contributed by atoms with Gasteiger partial charge >= 0.3 is 0 Å². The molecule has 2 bridgehead atoms. The number of hydrogen-bond donors (Lipinski definition) is 6. The second-order valence-corrected chi connectivity index (χ2v) is 13.4. The predicted molar refractivity (Wildman–Crippen MR) is 146 cm³/mol. The summed E-state index contributed by atoms with van der Waals surface area (Å²) in [6, 6.07) is 6.99. The monoisotopic (exact) mass is 547 g/mol. The lowest BCUT2D eigenvalue weighted by atomic mass is 9.56. The summed E-state index contributed by atoms with van der Waals surface area (Å²) in [7, 11) is 0. The number of allylic oxidation sites excluding steroid dienone is 1. The first kappa shape index (κ1) is 25.5. The van der Waals surface area contributed by atoms with E-state index in [2.05, 4.69) is 11.1 Å². The number of benzene rings is 1. The molecule has 10 atom stereocenters. The van der Waals surface area contributed by atoms with Crippen LogP contribution < -0.4 is 5.73 Å². The highest BCUT2D eigenvalue weighted by Crippen LogP contribution is 2.70. The summed E-state index contributed by atoms with van der Waals surface area (Å²) in [5, 5.41) is 60.3. The largest absolute Gasteiger partial charge is 0.390 e. The maximum Gasteiger partial charge on any atom is 0.121 e. The van der Waals surface area contributed by atoms with Gasteiger partial charge in [-0.2, -0.15) is 0 Å². The molecule has 2 aromatic rings. The highest BCUT2D eigenvalue weighted by atomic mass is 16.5. The Hall–Kier alpha value is -2.21. The van der Waals surface area contributed by atoms with Gasteiger partial charge in [-0.15, -0.1) is 0 Å². The second-order valence-electron chi connectivity index (χ2n) is 13.4. The second kappa shape index (κ2) is 7.99. The third kappa shape index (κ3) is 2.83. The molecule has 4 unspecified atom stereocenters. The van der Waals surface area contributed by atoms with Crippen molar-refractivity contribution in [1.82, 2.24) is 9.88 Å². The minimum Gasteiger partial charge on any atom is -0.390 e. The third-order valence-electron chi connectivity index (χ3n) is 11.6. The first-order valence-electron chi connectivity index (χ1n) is 14.5. The Balaban J connectivity index is 1.23. The van der Waals surface area contributed by atoms with Gasteiger partial charge in [0.15, 0.2) is 0 Å². The van der Waals surface area contributed by atoms with E-state index in [1.54, 1.807) is 12.4 Å². The Labute approximate surface area is 232 Å². The lowest BCUT2D eigenvalue weighted by molar-refractivity contribution is -0.228. The number of ether oxygens (including phenoxy) is 1. The smallest absolute Gasteiger partial charge is 0.121 e. The van der Waals surface area contributed by atoms with E-state index in [0.29, 0.717) is 49.9 Å². The number of aromatic nitrogens is 1. The molecule has 2 saturated heterocycles. The van der Waals surface area contributed by atoms with Crippen molar-refractivity contribution in [2.24, 2.45) is 17.1 Å². The lowest BCUT2D eigenvalue weighted by Gasteiger charge is -2.59. The minimum atomic E-state index is -1.53. The highest BCUT2D eigenvalue weighted by molar-refractivity contribution is 5.82. The fraction of sp³-hybridized carbons (Fsp3) is 0.581. The molecule has 1 aromatic heterocycles. The molecule has 4 heterocycles. The Morgan fingerprint density at radius 3 is 2.60 bits per heavy atom. The van der Waals surface area contributed by atoms with Crippen LogP contribution in [0.15, 0.2) is 60.0 Å². The SMILES string of the molecule is C[C@]12CC=C3C=C4C(O)C(O)[C@@H](N5CC(N)C5)C(O)[C@]45CCC3(O5)[C@@H]1C[C@@H](O)[C@]2(O)c1ccc2ccncc2c1. The summed E-state index contributed by atoms with van der Waals surface area (Å²) < 4.78 is 7.07. The van der Waals surface area contributed by atoms with Gasteiger partial charge in [-0.1, -0.05) is 31.2 Å². The van der Waals surface area contributed by atoms with E-state index in [0.717, 1.165) is 16.3 Å². The molecule has 2 saturated carbocycles. The summed E-state index contributed by atoms with van der Waals surface area (Å²) >= 11 is 0. The van der Waals surface area contributed by atoms with Crippen LogP contribution in [0.3, 0.4) is 0 Å². The van der Waals surface area contributed by atoms with E-state index in [-0.39, 0.29) is 12.0 Å². The molecule has 9 nitrogen and oxygen atoms in total. The van der Waals surface area contributed by atoms with Crippen LogP contribution in [0, 0.1) is 11.3 Å². The van der Waals surface area contributed by atoms with E-state index in [1.807, 2.05) is 42.2 Å². The van der Waals surface area contributed by atoms with Crippen LogP contribution >= 0.6 is 0 Å². The summed E-state index contributed by atoms with van der Waals surface area (Å²) in [5.74, 6) is -0.242.